The molecular weight excluding hydrogens is 360 g/mol. The molecule has 26 heavy (non-hydrogen) atoms. The number of aromatic nitrogens is 1. The van der Waals surface area contributed by atoms with Crippen molar-refractivity contribution in [1.29, 1.82) is 0 Å². The zero-order valence-corrected chi connectivity index (χ0v) is 14.7. The van der Waals surface area contributed by atoms with Crippen LogP contribution in [0.2, 0.25) is 0 Å². The molecule has 0 aliphatic carbocycles. The predicted octanol–water partition coefficient (Wildman–Crippen LogP) is 0.515. The van der Waals surface area contributed by atoms with Gasteiger partial charge in [-0.05, 0) is 29.8 Å². The van der Waals surface area contributed by atoms with Crippen LogP contribution >= 0.6 is 0 Å². The summed E-state index contributed by atoms with van der Waals surface area (Å²) in [5.74, 6) is -0.331. The first-order chi connectivity index (χ1) is 12.3. The number of ether oxygens (including phenoxy) is 1. The standard InChI is InChI=1S/C16H18N4O5S/c1-25-16(22)20-10-13-8-12(6-7-18-13)15(21)19-9-11-2-4-14(5-3-11)26(17,23)24/h2-8H,9-10H2,1H3,(H,19,21)(H,20,22)(H2,17,23,24). The lowest BCUT2D eigenvalue weighted by molar-refractivity contribution is 0.0950. The number of hydrogen-bond donors (Lipinski definition) is 3. The second-order valence-corrected chi connectivity index (χ2v) is 6.81. The largest absolute Gasteiger partial charge is 0.453 e. The first-order valence-corrected chi connectivity index (χ1v) is 9.01. The Morgan fingerprint density at radius 3 is 2.42 bits per heavy atom. The number of hydrogen-bond acceptors (Lipinski definition) is 6. The molecule has 138 valence electrons. The van der Waals surface area contributed by atoms with E-state index in [9.17, 15) is 18.0 Å². The van der Waals surface area contributed by atoms with Gasteiger partial charge in [0.05, 0.1) is 24.2 Å². The number of sulfonamides is 1. The minimum absolute atomic E-state index is 0.00413. The maximum atomic E-state index is 12.2. The van der Waals surface area contributed by atoms with E-state index in [0.717, 1.165) is 0 Å². The fourth-order valence-corrected chi connectivity index (χ4v) is 2.55. The van der Waals surface area contributed by atoms with Gasteiger partial charge in [0.15, 0.2) is 0 Å². The maximum absolute atomic E-state index is 12.2. The summed E-state index contributed by atoms with van der Waals surface area (Å²) >= 11 is 0. The van der Waals surface area contributed by atoms with E-state index in [1.54, 1.807) is 24.3 Å². The Morgan fingerprint density at radius 2 is 1.81 bits per heavy atom. The molecule has 0 spiro atoms. The number of amides is 2. The lowest BCUT2D eigenvalue weighted by atomic mass is 10.2. The number of carbonyl (C=O) groups is 2. The fraction of sp³-hybridized carbons (Fsp3) is 0.188. The molecule has 0 aliphatic heterocycles. The summed E-state index contributed by atoms with van der Waals surface area (Å²) in [5.41, 5.74) is 1.59. The molecule has 0 aliphatic rings. The second kappa shape index (κ2) is 8.41. The predicted molar refractivity (Wildman–Crippen MR) is 92.5 cm³/mol. The Kier molecular flexibility index (Phi) is 6.26. The summed E-state index contributed by atoms with van der Waals surface area (Å²) in [5, 5.41) is 10.2. The Bertz CT molecular complexity index is 897. The van der Waals surface area contributed by atoms with E-state index in [2.05, 4.69) is 20.4 Å². The lowest BCUT2D eigenvalue weighted by Gasteiger charge is -2.08. The molecule has 0 bridgehead atoms. The van der Waals surface area contributed by atoms with E-state index in [1.165, 1.54) is 25.4 Å². The number of pyridine rings is 1. The zero-order valence-electron chi connectivity index (χ0n) is 13.9. The van der Waals surface area contributed by atoms with Crippen LogP contribution in [0.3, 0.4) is 0 Å². The highest BCUT2D eigenvalue weighted by molar-refractivity contribution is 7.89. The minimum atomic E-state index is -3.75. The van der Waals surface area contributed by atoms with E-state index in [-0.39, 0.29) is 23.9 Å². The molecule has 4 N–H and O–H groups in total. The zero-order chi connectivity index (χ0) is 19.2. The molecule has 0 radical (unpaired) electrons. The van der Waals surface area contributed by atoms with Gasteiger partial charge in [0.2, 0.25) is 10.0 Å². The normalized spacial score (nSPS) is 10.8. The molecule has 0 fully saturated rings. The van der Waals surface area contributed by atoms with Gasteiger partial charge in [-0.25, -0.2) is 18.4 Å². The number of alkyl carbamates (subject to hydrolysis) is 1. The van der Waals surface area contributed by atoms with Gasteiger partial charge in [0.1, 0.15) is 0 Å². The van der Waals surface area contributed by atoms with Crippen molar-refractivity contribution in [3.8, 4) is 0 Å². The number of nitrogens with zero attached hydrogens (tertiary/aromatic N) is 1. The van der Waals surface area contributed by atoms with E-state index in [0.29, 0.717) is 16.8 Å². The number of nitrogens with one attached hydrogen (secondary N) is 2. The Hall–Kier alpha value is -2.98. The van der Waals surface area contributed by atoms with Gasteiger partial charge in [-0.1, -0.05) is 12.1 Å². The van der Waals surface area contributed by atoms with Crippen LogP contribution in [-0.2, 0) is 27.8 Å². The Balaban J connectivity index is 1.96. The second-order valence-electron chi connectivity index (χ2n) is 5.25. The average molecular weight is 378 g/mol. The molecule has 10 heteroatoms. The van der Waals surface area contributed by atoms with Crippen molar-refractivity contribution < 1.29 is 22.7 Å². The van der Waals surface area contributed by atoms with Crippen molar-refractivity contribution in [2.24, 2.45) is 5.14 Å². The van der Waals surface area contributed by atoms with Gasteiger partial charge in [-0.3, -0.25) is 9.78 Å². The molecule has 2 amide bonds. The van der Waals surface area contributed by atoms with Gasteiger partial charge < -0.3 is 15.4 Å². The molecule has 2 rings (SSSR count). The first kappa shape index (κ1) is 19.3. The van der Waals surface area contributed by atoms with E-state index < -0.39 is 16.1 Å². The van der Waals surface area contributed by atoms with E-state index in [4.69, 9.17) is 5.14 Å². The summed E-state index contributed by atoms with van der Waals surface area (Å²) in [7, 11) is -2.49. The molecule has 9 nitrogen and oxygen atoms in total. The highest BCUT2D eigenvalue weighted by Crippen LogP contribution is 2.09. The Morgan fingerprint density at radius 1 is 1.12 bits per heavy atom. The summed E-state index contributed by atoms with van der Waals surface area (Å²) in [6, 6.07) is 8.98. The number of methoxy groups -OCH3 is 1. The smallest absolute Gasteiger partial charge is 0.407 e. The quantitative estimate of drug-likeness (QED) is 0.669. The Labute approximate surface area is 150 Å². The lowest BCUT2D eigenvalue weighted by Crippen LogP contribution is -2.25. The molecule has 1 aromatic heterocycles. The van der Waals surface area contributed by atoms with E-state index in [1.807, 2.05) is 0 Å². The van der Waals surface area contributed by atoms with Crippen molar-refractivity contribution in [3.05, 3.63) is 59.4 Å². The van der Waals surface area contributed by atoms with Crippen LogP contribution in [0.5, 0.6) is 0 Å². The molecule has 0 atom stereocenters. The molecule has 1 aromatic carbocycles. The van der Waals surface area contributed by atoms with Crippen molar-refractivity contribution in [2.75, 3.05) is 7.11 Å². The van der Waals surface area contributed by atoms with Gasteiger partial charge in [0, 0.05) is 18.3 Å². The number of primary sulfonamides is 1. The number of nitrogens with two attached hydrogens (primary N) is 1. The van der Waals surface area contributed by atoms with Crippen molar-refractivity contribution in [1.82, 2.24) is 15.6 Å². The van der Waals surface area contributed by atoms with Crippen LogP contribution in [0.1, 0.15) is 21.6 Å². The number of benzene rings is 1. The van der Waals surface area contributed by atoms with Crippen molar-refractivity contribution in [2.45, 2.75) is 18.0 Å². The van der Waals surface area contributed by atoms with Crippen LogP contribution in [-0.4, -0.2) is 32.5 Å². The third-order valence-electron chi connectivity index (χ3n) is 3.38. The molecular formula is C16H18N4O5S. The monoisotopic (exact) mass is 378 g/mol. The summed E-state index contributed by atoms with van der Waals surface area (Å²) in [4.78, 5) is 27.4. The average Bonchev–Trinajstić information content (AvgIpc) is 2.64. The highest BCUT2D eigenvalue weighted by Gasteiger charge is 2.09. The van der Waals surface area contributed by atoms with Crippen LogP contribution < -0.4 is 15.8 Å². The molecule has 2 aromatic rings. The number of carbonyl (C=O) groups excluding carboxylic acids is 2. The van der Waals surface area contributed by atoms with Crippen LogP contribution in [0.15, 0.2) is 47.5 Å². The molecule has 0 unspecified atom stereocenters. The molecule has 1 heterocycles. The van der Waals surface area contributed by atoms with Gasteiger partial charge in [-0.2, -0.15) is 0 Å². The number of rotatable bonds is 6. The third kappa shape index (κ3) is 5.53. The molecule has 0 saturated heterocycles. The first-order valence-electron chi connectivity index (χ1n) is 7.46. The third-order valence-corrected chi connectivity index (χ3v) is 4.31. The van der Waals surface area contributed by atoms with Gasteiger partial charge >= 0.3 is 6.09 Å². The van der Waals surface area contributed by atoms with Crippen LogP contribution in [0, 0.1) is 0 Å². The maximum Gasteiger partial charge on any atom is 0.407 e. The topological polar surface area (TPSA) is 140 Å². The van der Waals surface area contributed by atoms with Gasteiger partial charge in [-0.15, -0.1) is 0 Å². The van der Waals surface area contributed by atoms with E-state index >= 15 is 0 Å². The van der Waals surface area contributed by atoms with Crippen molar-refractivity contribution >= 4 is 22.0 Å². The summed E-state index contributed by atoms with van der Waals surface area (Å²) in [6.07, 6.45) is 0.869. The fourth-order valence-electron chi connectivity index (χ4n) is 2.03. The SMILES string of the molecule is COC(=O)NCc1cc(C(=O)NCc2ccc(S(N)(=O)=O)cc2)ccn1. The highest BCUT2D eigenvalue weighted by atomic mass is 32.2. The van der Waals surface area contributed by atoms with Crippen molar-refractivity contribution in [3.63, 3.8) is 0 Å². The summed E-state index contributed by atoms with van der Waals surface area (Å²) in [6.45, 7) is 0.338. The minimum Gasteiger partial charge on any atom is -0.453 e. The van der Waals surface area contributed by atoms with Gasteiger partial charge in [0.25, 0.3) is 5.91 Å². The molecule has 0 saturated carbocycles. The summed E-state index contributed by atoms with van der Waals surface area (Å²) < 4.78 is 26.9. The van der Waals surface area contributed by atoms with Crippen LogP contribution in [0.25, 0.3) is 0 Å². The van der Waals surface area contributed by atoms with Crippen LogP contribution in [0.4, 0.5) is 4.79 Å².